The molecule has 0 radical (unpaired) electrons. The zero-order valence-electron chi connectivity index (χ0n) is 14.2. The molecule has 0 spiro atoms. The highest BCUT2D eigenvalue weighted by Crippen LogP contribution is 2.61. The summed E-state index contributed by atoms with van der Waals surface area (Å²) >= 11 is 0. The Morgan fingerprint density at radius 3 is 2.92 bits per heavy atom. The fourth-order valence-electron chi connectivity index (χ4n) is 5.67. The number of allylic oxidation sites excluding steroid dienone is 1. The first-order chi connectivity index (χ1) is 11.5. The van der Waals surface area contributed by atoms with Gasteiger partial charge in [0.2, 0.25) is 0 Å². The molecule has 4 rings (SSSR count). The highest BCUT2D eigenvalue weighted by molar-refractivity contribution is 5.99. The molecule has 2 saturated carbocycles. The largest absolute Gasteiger partial charge is 0.427 e. The summed E-state index contributed by atoms with van der Waals surface area (Å²) in [5.41, 5.74) is 2.19. The molecular weight excluding hydrogens is 300 g/mol. The first-order valence-corrected chi connectivity index (χ1v) is 9.03. The summed E-state index contributed by atoms with van der Waals surface area (Å²) in [6.45, 7) is 5.51. The molecule has 0 unspecified atom stereocenters. The van der Waals surface area contributed by atoms with Crippen molar-refractivity contribution >= 4 is 11.8 Å². The number of hydrogen-bond donors (Lipinski definition) is 0. The molecule has 0 N–H and O–H groups in total. The topological polar surface area (TPSA) is 43.4 Å². The highest BCUT2D eigenvalue weighted by atomic mass is 16.5. The minimum Gasteiger partial charge on any atom is -0.427 e. The third-order valence-corrected chi connectivity index (χ3v) is 6.66. The molecule has 1 aromatic carbocycles. The maximum absolute atomic E-state index is 12.8. The van der Waals surface area contributed by atoms with Gasteiger partial charge in [0.1, 0.15) is 5.75 Å². The lowest BCUT2D eigenvalue weighted by Crippen LogP contribution is -2.41. The molecule has 0 aliphatic heterocycles. The van der Waals surface area contributed by atoms with E-state index in [0.29, 0.717) is 29.9 Å². The lowest BCUT2D eigenvalue weighted by atomic mass is 9.55. The second-order valence-corrected chi connectivity index (χ2v) is 7.72. The maximum atomic E-state index is 12.8. The number of esters is 1. The Bertz CT molecular complexity index is 720. The van der Waals surface area contributed by atoms with E-state index in [0.717, 1.165) is 17.5 Å². The van der Waals surface area contributed by atoms with Crippen molar-refractivity contribution in [3.8, 4) is 5.75 Å². The van der Waals surface area contributed by atoms with Crippen molar-refractivity contribution in [1.29, 1.82) is 0 Å². The summed E-state index contributed by atoms with van der Waals surface area (Å²) in [4.78, 5) is 24.0. The molecule has 1 aromatic rings. The van der Waals surface area contributed by atoms with Gasteiger partial charge >= 0.3 is 5.97 Å². The maximum Gasteiger partial charge on any atom is 0.308 e. The molecule has 126 valence electrons. The summed E-state index contributed by atoms with van der Waals surface area (Å²) in [6.07, 6.45) is 8.83. The van der Waals surface area contributed by atoms with Crippen LogP contribution in [-0.2, 0) is 4.79 Å². The van der Waals surface area contributed by atoms with Crippen LogP contribution in [0.5, 0.6) is 5.75 Å². The molecule has 3 aliphatic carbocycles. The number of ether oxygens (including phenoxy) is 1. The molecule has 0 aromatic heterocycles. The van der Waals surface area contributed by atoms with Crippen LogP contribution in [0.25, 0.3) is 0 Å². The van der Waals surface area contributed by atoms with Gasteiger partial charge in [0.05, 0.1) is 0 Å². The van der Waals surface area contributed by atoms with Crippen LogP contribution in [0.1, 0.15) is 67.3 Å². The van der Waals surface area contributed by atoms with Crippen LogP contribution in [0.15, 0.2) is 30.9 Å². The van der Waals surface area contributed by atoms with Gasteiger partial charge in [-0.2, -0.15) is 0 Å². The molecule has 24 heavy (non-hydrogen) atoms. The Morgan fingerprint density at radius 1 is 1.33 bits per heavy atom. The minimum atomic E-state index is -0.351. The van der Waals surface area contributed by atoms with Crippen LogP contribution in [-0.4, -0.2) is 11.8 Å². The fourth-order valence-corrected chi connectivity index (χ4v) is 5.67. The van der Waals surface area contributed by atoms with Crippen molar-refractivity contribution in [2.75, 3.05) is 0 Å². The Kier molecular flexibility index (Phi) is 3.63. The summed E-state index contributed by atoms with van der Waals surface area (Å²) in [7, 11) is 0. The lowest BCUT2D eigenvalue weighted by molar-refractivity contribution is -0.131. The van der Waals surface area contributed by atoms with E-state index in [-0.39, 0.29) is 17.2 Å². The Hall–Kier alpha value is -1.90. The average molecular weight is 324 g/mol. The van der Waals surface area contributed by atoms with Crippen molar-refractivity contribution in [1.82, 2.24) is 0 Å². The highest BCUT2D eigenvalue weighted by Gasteiger charge is 2.52. The van der Waals surface area contributed by atoms with Crippen LogP contribution in [0.2, 0.25) is 0 Å². The predicted octanol–water partition coefficient (Wildman–Crippen LogP) is 4.66. The lowest BCUT2D eigenvalue weighted by Gasteiger charge is -2.49. The van der Waals surface area contributed by atoms with E-state index in [1.54, 1.807) is 6.07 Å². The Morgan fingerprint density at radius 2 is 2.17 bits per heavy atom. The molecule has 0 heterocycles. The summed E-state index contributed by atoms with van der Waals surface area (Å²) in [5, 5.41) is 0. The van der Waals surface area contributed by atoms with E-state index in [1.807, 2.05) is 12.1 Å². The third-order valence-electron chi connectivity index (χ3n) is 6.66. The third kappa shape index (κ3) is 2.25. The van der Waals surface area contributed by atoms with Crippen molar-refractivity contribution < 1.29 is 14.3 Å². The van der Waals surface area contributed by atoms with E-state index in [4.69, 9.17) is 4.74 Å². The van der Waals surface area contributed by atoms with Gasteiger partial charge in [-0.3, -0.25) is 9.59 Å². The molecule has 3 aliphatic rings. The molecule has 3 heteroatoms. The van der Waals surface area contributed by atoms with Gasteiger partial charge in [-0.05, 0) is 66.5 Å². The Labute approximate surface area is 143 Å². The normalized spacial score (nSPS) is 34.0. The zero-order chi connectivity index (χ0) is 16.9. The van der Waals surface area contributed by atoms with Gasteiger partial charge in [-0.1, -0.05) is 18.6 Å². The van der Waals surface area contributed by atoms with E-state index in [2.05, 4.69) is 12.7 Å². The van der Waals surface area contributed by atoms with Crippen LogP contribution in [0, 0.1) is 17.3 Å². The van der Waals surface area contributed by atoms with Crippen LogP contribution in [0.3, 0.4) is 0 Å². The van der Waals surface area contributed by atoms with Gasteiger partial charge in [0.25, 0.3) is 0 Å². The number of rotatable bonds is 2. The molecule has 0 saturated heterocycles. The number of ketones is 1. The second-order valence-electron chi connectivity index (χ2n) is 7.72. The van der Waals surface area contributed by atoms with E-state index in [9.17, 15) is 9.59 Å². The van der Waals surface area contributed by atoms with Crippen molar-refractivity contribution in [2.24, 2.45) is 17.3 Å². The number of fused-ring (bicyclic) bond motifs is 5. The van der Waals surface area contributed by atoms with E-state index in [1.165, 1.54) is 32.6 Å². The quantitative estimate of drug-likeness (QED) is 0.451. The van der Waals surface area contributed by atoms with Gasteiger partial charge in [-0.25, -0.2) is 0 Å². The SMILES string of the molecule is C=C[C@@]12CCC[C@H]1[C@@H]1CC(=O)c3cc(OC(C)=O)ccc3[C@H]1CC2. The number of carbonyl (C=O) groups excluding carboxylic acids is 2. The van der Waals surface area contributed by atoms with Crippen molar-refractivity contribution in [2.45, 2.75) is 51.4 Å². The smallest absolute Gasteiger partial charge is 0.308 e. The van der Waals surface area contributed by atoms with Crippen LogP contribution in [0.4, 0.5) is 0 Å². The summed E-state index contributed by atoms with van der Waals surface area (Å²) < 4.78 is 5.16. The molecule has 2 fully saturated rings. The van der Waals surface area contributed by atoms with Gasteiger partial charge in [0, 0.05) is 18.9 Å². The zero-order valence-corrected chi connectivity index (χ0v) is 14.2. The molecule has 3 nitrogen and oxygen atoms in total. The number of carbonyl (C=O) groups is 2. The second kappa shape index (κ2) is 5.58. The molecule has 0 bridgehead atoms. The standard InChI is InChI=1S/C21H24O3/c1-3-21-9-4-5-19(21)17-12-20(23)18-11-14(24-13(2)22)6-7-15(18)16(17)8-10-21/h3,6-7,11,16-17,19H,1,4-5,8-10,12H2,2H3/t16-,17-,19+,21+/m1/s1. The molecular formula is C21H24O3. The first kappa shape index (κ1) is 15.6. The number of hydrogen-bond acceptors (Lipinski definition) is 3. The van der Waals surface area contributed by atoms with E-state index >= 15 is 0 Å². The molecule has 0 amide bonds. The van der Waals surface area contributed by atoms with Gasteiger partial charge in [-0.15, -0.1) is 6.58 Å². The van der Waals surface area contributed by atoms with Crippen molar-refractivity contribution in [3.05, 3.63) is 42.0 Å². The summed E-state index contributed by atoms with van der Waals surface area (Å²) in [5.74, 6) is 1.82. The van der Waals surface area contributed by atoms with Crippen LogP contribution < -0.4 is 4.74 Å². The monoisotopic (exact) mass is 324 g/mol. The number of benzene rings is 1. The Balaban J connectivity index is 1.71. The van der Waals surface area contributed by atoms with Gasteiger partial charge < -0.3 is 4.74 Å². The number of Topliss-reactive ketones (excluding diaryl/α,β-unsaturated/α-hetero) is 1. The molecule has 4 atom stereocenters. The predicted molar refractivity (Wildman–Crippen MR) is 92.1 cm³/mol. The van der Waals surface area contributed by atoms with Gasteiger partial charge in [0.15, 0.2) is 5.78 Å². The summed E-state index contributed by atoms with van der Waals surface area (Å²) in [6, 6.07) is 5.61. The average Bonchev–Trinajstić information content (AvgIpc) is 2.99. The van der Waals surface area contributed by atoms with Crippen LogP contribution >= 0.6 is 0 Å². The minimum absolute atomic E-state index is 0.201. The van der Waals surface area contributed by atoms with E-state index < -0.39 is 0 Å². The fraction of sp³-hybridized carbons (Fsp3) is 0.524. The van der Waals surface area contributed by atoms with Crippen molar-refractivity contribution in [3.63, 3.8) is 0 Å². The first-order valence-electron chi connectivity index (χ1n) is 9.03.